The maximum Gasteiger partial charge on any atom is 0.246 e. The predicted octanol–water partition coefficient (Wildman–Crippen LogP) is 0.529. The van der Waals surface area contributed by atoms with Crippen LogP contribution in [-0.2, 0) is 14.8 Å². The molecule has 2 rings (SSSR count). The Kier molecular flexibility index (Phi) is 5.38. The molecule has 0 radical (unpaired) electrons. The minimum absolute atomic E-state index is 0.266. The van der Waals surface area contributed by atoms with E-state index in [-0.39, 0.29) is 17.3 Å². The average Bonchev–Trinajstić information content (AvgIpc) is 2.47. The molecule has 23 heavy (non-hydrogen) atoms. The summed E-state index contributed by atoms with van der Waals surface area (Å²) in [5, 5.41) is 0. The molecule has 1 aromatic carbocycles. The van der Waals surface area contributed by atoms with E-state index in [1.807, 2.05) is 7.05 Å². The van der Waals surface area contributed by atoms with Crippen molar-refractivity contribution in [3.63, 3.8) is 0 Å². The molecule has 0 unspecified atom stereocenters. The molecule has 0 aromatic heterocycles. The number of sulfonamides is 1. The van der Waals surface area contributed by atoms with Gasteiger partial charge in [0.05, 0.1) is 6.54 Å². The van der Waals surface area contributed by atoms with E-state index in [1.165, 1.54) is 26.1 Å². The summed E-state index contributed by atoms with van der Waals surface area (Å²) in [5.74, 6) is -1.07. The van der Waals surface area contributed by atoms with Gasteiger partial charge in [-0.2, -0.15) is 4.31 Å². The molecule has 0 spiro atoms. The van der Waals surface area contributed by atoms with Gasteiger partial charge >= 0.3 is 0 Å². The molecular weight excluding hydrogens is 321 g/mol. The number of hydrogen-bond acceptors (Lipinski definition) is 4. The van der Waals surface area contributed by atoms with Crippen LogP contribution in [0, 0.1) is 12.7 Å². The second-order valence-electron chi connectivity index (χ2n) is 5.83. The average molecular weight is 343 g/mol. The zero-order chi connectivity index (χ0) is 17.2. The summed E-state index contributed by atoms with van der Waals surface area (Å²) in [4.78, 5) is 15.6. The van der Waals surface area contributed by atoms with Gasteiger partial charge in [-0.05, 0) is 25.6 Å². The van der Waals surface area contributed by atoms with Crippen molar-refractivity contribution in [2.24, 2.45) is 0 Å². The third-order valence-corrected chi connectivity index (χ3v) is 6.03. The number of nitrogens with zero attached hydrogens (tertiary/aromatic N) is 3. The highest BCUT2D eigenvalue weighted by atomic mass is 32.2. The lowest BCUT2D eigenvalue weighted by atomic mass is 10.2. The summed E-state index contributed by atoms with van der Waals surface area (Å²) < 4.78 is 40.0. The molecule has 1 heterocycles. The summed E-state index contributed by atoms with van der Waals surface area (Å²) in [5.41, 5.74) is 0.323. The van der Waals surface area contributed by atoms with E-state index in [0.717, 1.165) is 23.5 Å². The predicted molar refractivity (Wildman–Crippen MR) is 85.0 cm³/mol. The van der Waals surface area contributed by atoms with E-state index < -0.39 is 15.8 Å². The van der Waals surface area contributed by atoms with Crippen molar-refractivity contribution in [2.45, 2.75) is 11.8 Å². The highest BCUT2D eigenvalue weighted by Crippen LogP contribution is 2.22. The molecule has 8 heteroatoms. The number of carbonyl (C=O) groups is 1. The Morgan fingerprint density at radius 1 is 1.26 bits per heavy atom. The molecule has 128 valence electrons. The van der Waals surface area contributed by atoms with Crippen LogP contribution in [0.15, 0.2) is 23.1 Å². The molecule has 6 nitrogen and oxygen atoms in total. The van der Waals surface area contributed by atoms with Crippen molar-refractivity contribution in [1.29, 1.82) is 0 Å². The lowest BCUT2D eigenvalue weighted by molar-refractivity contribution is -0.132. The Balaban J connectivity index is 2.13. The van der Waals surface area contributed by atoms with Gasteiger partial charge in [0.25, 0.3) is 0 Å². The van der Waals surface area contributed by atoms with E-state index >= 15 is 0 Å². The molecule has 0 atom stereocenters. The maximum absolute atomic E-state index is 13.9. The molecule has 1 amide bonds. The summed E-state index contributed by atoms with van der Waals surface area (Å²) in [6.07, 6.45) is 0. The summed E-state index contributed by atoms with van der Waals surface area (Å²) in [6.45, 7) is 3.90. The molecule has 1 aromatic rings. The summed E-state index contributed by atoms with van der Waals surface area (Å²) in [6, 6.07) is 4.10. The summed E-state index contributed by atoms with van der Waals surface area (Å²) >= 11 is 0. The zero-order valence-corrected chi connectivity index (χ0v) is 14.4. The van der Waals surface area contributed by atoms with E-state index in [9.17, 15) is 17.6 Å². The highest BCUT2D eigenvalue weighted by molar-refractivity contribution is 7.89. The SMILES string of the molecule is Cc1cccc(F)c1S(=O)(=O)N(C)CC(=O)N1CCN(C)CC1. The van der Waals surface area contributed by atoms with Gasteiger partial charge in [-0.25, -0.2) is 12.8 Å². The van der Waals surface area contributed by atoms with Crippen LogP contribution in [0.4, 0.5) is 4.39 Å². The number of hydrogen-bond donors (Lipinski definition) is 0. The van der Waals surface area contributed by atoms with Gasteiger partial charge in [0.2, 0.25) is 15.9 Å². The number of halogens is 1. The van der Waals surface area contributed by atoms with Crippen LogP contribution in [-0.4, -0.2) is 75.2 Å². The normalized spacial score (nSPS) is 16.8. The number of carbonyl (C=O) groups excluding carboxylic acids is 1. The van der Waals surface area contributed by atoms with Crippen molar-refractivity contribution in [3.05, 3.63) is 29.6 Å². The fraction of sp³-hybridized carbons (Fsp3) is 0.533. The number of rotatable bonds is 4. The second-order valence-corrected chi connectivity index (χ2v) is 7.81. The van der Waals surface area contributed by atoms with Gasteiger partial charge < -0.3 is 9.80 Å². The highest BCUT2D eigenvalue weighted by Gasteiger charge is 2.29. The smallest absolute Gasteiger partial charge is 0.246 e. The Hall–Kier alpha value is -1.51. The minimum atomic E-state index is -4.04. The van der Waals surface area contributed by atoms with Gasteiger partial charge in [-0.3, -0.25) is 4.79 Å². The first-order chi connectivity index (χ1) is 10.7. The molecule has 0 aliphatic carbocycles. The first-order valence-electron chi connectivity index (χ1n) is 7.41. The quantitative estimate of drug-likeness (QED) is 0.800. The van der Waals surface area contributed by atoms with Gasteiger partial charge in [-0.1, -0.05) is 12.1 Å². The van der Waals surface area contributed by atoms with Crippen molar-refractivity contribution >= 4 is 15.9 Å². The zero-order valence-electron chi connectivity index (χ0n) is 13.6. The third-order valence-electron chi connectivity index (χ3n) is 4.05. The maximum atomic E-state index is 13.9. The number of benzene rings is 1. The second kappa shape index (κ2) is 6.94. The van der Waals surface area contributed by atoms with Gasteiger partial charge in [0, 0.05) is 33.2 Å². The lowest BCUT2D eigenvalue weighted by Crippen LogP contribution is -2.50. The summed E-state index contributed by atoms with van der Waals surface area (Å²) in [7, 11) is -0.772. The largest absolute Gasteiger partial charge is 0.339 e. The van der Waals surface area contributed by atoms with Crippen LogP contribution in [0.25, 0.3) is 0 Å². The van der Waals surface area contributed by atoms with Crippen molar-refractivity contribution < 1.29 is 17.6 Å². The fourth-order valence-corrected chi connectivity index (χ4v) is 3.91. The molecule has 1 fully saturated rings. The number of likely N-dealkylation sites (N-methyl/N-ethyl adjacent to an activating group) is 2. The van der Waals surface area contributed by atoms with Crippen LogP contribution in [0.1, 0.15) is 5.56 Å². The monoisotopic (exact) mass is 343 g/mol. The van der Waals surface area contributed by atoms with Crippen molar-refractivity contribution in [1.82, 2.24) is 14.1 Å². The van der Waals surface area contributed by atoms with Crippen molar-refractivity contribution in [3.8, 4) is 0 Å². The topological polar surface area (TPSA) is 60.9 Å². The molecule has 1 aliphatic rings. The van der Waals surface area contributed by atoms with Crippen LogP contribution in [0.3, 0.4) is 0 Å². The number of aryl methyl sites for hydroxylation is 1. The first-order valence-corrected chi connectivity index (χ1v) is 8.85. The Labute approximate surface area is 136 Å². The van der Waals surface area contributed by atoms with E-state index in [2.05, 4.69) is 4.90 Å². The molecule has 1 aliphatic heterocycles. The van der Waals surface area contributed by atoms with Gasteiger partial charge in [0.15, 0.2) is 0 Å². The van der Waals surface area contributed by atoms with Gasteiger partial charge in [0.1, 0.15) is 10.7 Å². The molecule has 0 saturated carbocycles. The minimum Gasteiger partial charge on any atom is -0.339 e. The fourth-order valence-electron chi connectivity index (χ4n) is 2.53. The standard InChI is InChI=1S/C15H22FN3O3S/c1-12-5-4-6-13(16)15(12)23(21,22)18(3)11-14(20)19-9-7-17(2)8-10-19/h4-6H,7-11H2,1-3H3. The molecular formula is C15H22FN3O3S. The van der Waals surface area contributed by atoms with E-state index in [0.29, 0.717) is 18.7 Å². The van der Waals surface area contributed by atoms with E-state index in [1.54, 1.807) is 4.90 Å². The number of piperazine rings is 1. The van der Waals surface area contributed by atoms with Crippen molar-refractivity contribution in [2.75, 3.05) is 46.8 Å². The van der Waals surface area contributed by atoms with Crippen LogP contribution < -0.4 is 0 Å². The van der Waals surface area contributed by atoms with Gasteiger partial charge in [-0.15, -0.1) is 0 Å². The Morgan fingerprint density at radius 3 is 2.43 bits per heavy atom. The Morgan fingerprint density at radius 2 is 1.87 bits per heavy atom. The first kappa shape index (κ1) is 17.8. The molecule has 0 N–H and O–H groups in total. The lowest BCUT2D eigenvalue weighted by Gasteiger charge is -2.33. The van der Waals surface area contributed by atoms with E-state index in [4.69, 9.17) is 0 Å². The van der Waals surface area contributed by atoms with Crippen LogP contribution in [0.2, 0.25) is 0 Å². The molecule has 1 saturated heterocycles. The molecule has 0 bridgehead atoms. The number of amides is 1. The third kappa shape index (κ3) is 3.88. The van der Waals surface area contributed by atoms with Crippen LogP contribution >= 0.6 is 0 Å². The van der Waals surface area contributed by atoms with Crippen LogP contribution in [0.5, 0.6) is 0 Å². The Bertz CT molecular complexity index is 665.